The van der Waals surface area contributed by atoms with Crippen molar-refractivity contribution in [2.45, 2.75) is 38.0 Å². The molecule has 1 aromatic rings. The lowest BCUT2D eigenvalue weighted by atomic mass is 10.0. The lowest BCUT2D eigenvalue weighted by Crippen LogP contribution is -2.43. The monoisotopic (exact) mass is 297 g/mol. The van der Waals surface area contributed by atoms with Gasteiger partial charge in [0, 0.05) is 18.7 Å². The highest BCUT2D eigenvalue weighted by Gasteiger charge is 2.27. The van der Waals surface area contributed by atoms with Crippen LogP contribution in [0.5, 0.6) is 0 Å². The normalized spacial score (nSPS) is 21.4. The number of carbonyl (C=O) groups excluding carboxylic acids is 1. The number of amides is 1. The van der Waals surface area contributed by atoms with Crippen molar-refractivity contribution in [1.82, 2.24) is 5.32 Å². The number of benzene rings is 1. The predicted octanol–water partition coefficient (Wildman–Crippen LogP) is 2.71. The van der Waals surface area contributed by atoms with Crippen molar-refractivity contribution in [2.24, 2.45) is 0 Å². The van der Waals surface area contributed by atoms with E-state index in [1.54, 1.807) is 7.11 Å². The molecule has 0 saturated carbocycles. The third-order valence-corrected chi connectivity index (χ3v) is 3.75. The summed E-state index contributed by atoms with van der Waals surface area (Å²) in [5, 5.41) is 3.64. The molecule has 1 amide bonds. The van der Waals surface area contributed by atoms with Crippen LogP contribution in [0.3, 0.4) is 0 Å². The number of rotatable bonds is 5. The summed E-state index contributed by atoms with van der Waals surface area (Å²) in [6, 6.07) is 7.31. The Labute approximate surface area is 124 Å². The van der Waals surface area contributed by atoms with E-state index in [0.29, 0.717) is 11.6 Å². The second-order valence-corrected chi connectivity index (χ2v) is 5.44. The Balaban J connectivity index is 1.99. The molecule has 1 aliphatic heterocycles. The molecule has 0 aromatic heterocycles. The maximum Gasteiger partial charge on any atom is 0.249 e. The average Bonchev–Trinajstić information content (AvgIpc) is 2.96. The van der Waals surface area contributed by atoms with Gasteiger partial charge in [-0.1, -0.05) is 23.7 Å². The first-order valence-electron chi connectivity index (χ1n) is 6.82. The van der Waals surface area contributed by atoms with Crippen molar-refractivity contribution < 1.29 is 14.3 Å². The van der Waals surface area contributed by atoms with E-state index in [1.165, 1.54) is 0 Å². The number of ether oxygens (including phenoxy) is 2. The second-order valence-electron chi connectivity index (χ2n) is 5.01. The van der Waals surface area contributed by atoms with Gasteiger partial charge in [0.2, 0.25) is 5.91 Å². The molecule has 1 N–H and O–H groups in total. The van der Waals surface area contributed by atoms with Crippen LogP contribution in [0.15, 0.2) is 24.3 Å². The van der Waals surface area contributed by atoms with Crippen LogP contribution in [-0.2, 0) is 14.3 Å². The van der Waals surface area contributed by atoms with E-state index in [1.807, 2.05) is 31.2 Å². The Hall–Kier alpha value is -1.10. The van der Waals surface area contributed by atoms with Gasteiger partial charge in [-0.25, -0.2) is 0 Å². The van der Waals surface area contributed by atoms with Crippen LogP contribution in [0.25, 0.3) is 0 Å². The number of hydrogen-bond donors (Lipinski definition) is 1. The van der Waals surface area contributed by atoms with Crippen LogP contribution in [-0.4, -0.2) is 31.8 Å². The molecule has 0 spiro atoms. The molecule has 1 heterocycles. The van der Waals surface area contributed by atoms with Gasteiger partial charge >= 0.3 is 0 Å². The molecule has 0 unspecified atom stereocenters. The number of hydrogen-bond acceptors (Lipinski definition) is 3. The fraction of sp³-hybridized carbons (Fsp3) is 0.533. The van der Waals surface area contributed by atoms with Gasteiger partial charge in [-0.2, -0.15) is 0 Å². The predicted molar refractivity (Wildman–Crippen MR) is 77.8 cm³/mol. The van der Waals surface area contributed by atoms with Gasteiger partial charge in [-0.05, 0) is 37.5 Å². The molecule has 1 aromatic carbocycles. The molecule has 110 valence electrons. The first-order chi connectivity index (χ1) is 9.61. The van der Waals surface area contributed by atoms with Crippen LogP contribution >= 0.6 is 11.6 Å². The van der Waals surface area contributed by atoms with E-state index in [4.69, 9.17) is 21.1 Å². The fourth-order valence-electron chi connectivity index (χ4n) is 2.46. The standard InChI is InChI=1S/C15H20ClNO3/c1-10(17-15(18)13-4-3-9-20-13)14(19-2)11-5-7-12(16)8-6-11/h5-8,10,13-14H,3-4,9H2,1-2H3,(H,17,18)/t10-,13+,14+/m1/s1. The summed E-state index contributed by atoms with van der Waals surface area (Å²) in [4.78, 5) is 12.0. The number of carbonyl (C=O) groups is 1. The van der Waals surface area contributed by atoms with Crippen molar-refractivity contribution in [1.29, 1.82) is 0 Å². The van der Waals surface area contributed by atoms with Crippen molar-refractivity contribution in [3.05, 3.63) is 34.9 Å². The van der Waals surface area contributed by atoms with Gasteiger partial charge in [0.25, 0.3) is 0 Å². The highest BCUT2D eigenvalue weighted by molar-refractivity contribution is 6.30. The zero-order valence-electron chi connectivity index (χ0n) is 11.8. The maximum absolute atomic E-state index is 12.0. The highest BCUT2D eigenvalue weighted by Crippen LogP contribution is 2.23. The molecule has 5 heteroatoms. The summed E-state index contributed by atoms with van der Waals surface area (Å²) in [6.45, 7) is 2.59. The van der Waals surface area contributed by atoms with E-state index in [-0.39, 0.29) is 24.2 Å². The van der Waals surface area contributed by atoms with Crippen LogP contribution in [0.2, 0.25) is 5.02 Å². The molecule has 1 fully saturated rings. The minimum Gasteiger partial charge on any atom is -0.375 e. The molecule has 0 radical (unpaired) electrons. The van der Waals surface area contributed by atoms with Crippen LogP contribution in [0.4, 0.5) is 0 Å². The van der Waals surface area contributed by atoms with Gasteiger partial charge in [-0.15, -0.1) is 0 Å². The average molecular weight is 298 g/mol. The lowest BCUT2D eigenvalue weighted by molar-refractivity contribution is -0.131. The largest absolute Gasteiger partial charge is 0.375 e. The van der Waals surface area contributed by atoms with E-state index in [9.17, 15) is 4.79 Å². The van der Waals surface area contributed by atoms with E-state index in [2.05, 4.69) is 5.32 Å². The Morgan fingerprint density at radius 1 is 1.45 bits per heavy atom. The Bertz CT molecular complexity index is 443. The minimum absolute atomic E-state index is 0.0639. The van der Waals surface area contributed by atoms with E-state index >= 15 is 0 Å². The molecule has 20 heavy (non-hydrogen) atoms. The van der Waals surface area contributed by atoms with Crippen LogP contribution in [0.1, 0.15) is 31.4 Å². The molecule has 3 atom stereocenters. The first-order valence-corrected chi connectivity index (χ1v) is 7.20. The van der Waals surface area contributed by atoms with Crippen LogP contribution < -0.4 is 5.32 Å². The smallest absolute Gasteiger partial charge is 0.249 e. The molecule has 0 aliphatic carbocycles. The third-order valence-electron chi connectivity index (χ3n) is 3.50. The summed E-state index contributed by atoms with van der Waals surface area (Å²) < 4.78 is 10.9. The van der Waals surface area contributed by atoms with Gasteiger partial charge in [0.1, 0.15) is 12.2 Å². The van der Waals surface area contributed by atoms with Crippen molar-refractivity contribution in [2.75, 3.05) is 13.7 Å². The minimum atomic E-state index is -0.319. The number of halogens is 1. The summed E-state index contributed by atoms with van der Waals surface area (Å²) in [5.41, 5.74) is 0.983. The summed E-state index contributed by atoms with van der Waals surface area (Å²) in [7, 11) is 1.63. The number of methoxy groups -OCH3 is 1. The Kier molecular flexibility index (Phi) is 5.40. The highest BCUT2D eigenvalue weighted by atomic mass is 35.5. The zero-order valence-corrected chi connectivity index (χ0v) is 12.5. The van der Waals surface area contributed by atoms with Crippen molar-refractivity contribution in [3.8, 4) is 0 Å². The van der Waals surface area contributed by atoms with Crippen LogP contribution in [0, 0.1) is 0 Å². The lowest BCUT2D eigenvalue weighted by Gasteiger charge is -2.25. The molecule has 0 bridgehead atoms. The van der Waals surface area contributed by atoms with Crippen molar-refractivity contribution in [3.63, 3.8) is 0 Å². The van der Waals surface area contributed by atoms with E-state index < -0.39 is 0 Å². The van der Waals surface area contributed by atoms with E-state index in [0.717, 1.165) is 18.4 Å². The maximum atomic E-state index is 12.0. The zero-order chi connectivity index (χ0) is 14.5. The summed E-state index contributed by atoms with van der Waals surface area (Å²) in [6.07, 6.45) is 1.20. The van der Waals surface area contributed by atoms with Gasteiger partial charge in [-0.3, -0.25) is 4.79 Å². The SMILES string of the molecule is CO[C@H](c1ccc(Cl)cc1)[C@@H](C)NC(=O)[C@@H]1CCCO1. The van der Waals surface area contributed by atoms with Gasteiger partial charge in [0.15, 0.2) is 0 Å². The summed E-state index contributed by atoms with van der Waals surface area (Å²) >= 11 is 5.88. The molecular formula is C15H20ClNO3. The third kappa shape index (κ3) is 3.72. The first kappa shape index (κ1) is 15.3. The molecule has 4 nitrogen and oxygen atoms in total. The Morgan fingerprint density at radius 3 is 2.70 bits per heavy atom. The molecular weight excluding hydrogens is 278 g/mol. The van der Waals surface area contributed by atoms with Gasteiger partial charge < -0.3 is 14.8 Å². The quantitative estimate of drug-likeness (QED) is 0.909. The summed E-state index contributed by atoms with van der Waals surface area (Å²) in [5.74, 6) is -0.0639. The Morgan fingerprint density at radius 2 is 2.15 bits per heavy atom. The molecule has 1 saturated heterocycles. The molecule has 1 aliphatic rings. The van der Waals surface area contributed by atoms with Gasteiger partial charge in [0.05, 0.1) is 6.04 Å². The molecule has 2 rings (SSSR count). The fourth-order valence-corrected chi connectivity index (χ4v) is 2.58. The second kappa shape index (κ2) is 7.07. The topological polar surface area (TPSA) is 47.6 Å². The van der Waals surface area contributed by atoms with Crippen molar-refractivity contribution >= 4 is 17.5 Å². The number of nitrogens with one attached hydrogen (secondary N) is 1.